The van der Waals surface area contributed by atoms with Crippen LogP contribution < -0.4 is 9.64 Å². The summed E-state index contributed by atoms with van der Waals surface area (Å²) in [7, 11) is 0. The molecule has 0 saturated carbocycles. The molecule has 3 nitrogen and oxygen atoms in total. The van der Waals surface area contributed by atoms with Crippen LogP contribution in [0.25, 0.3) is 0 Å². The van der Waals surface area contributed by atoms with E-state index in [0.29, 0.717) is 17.0 Å². The van der Waals surface area contributed by atoms with E-state index in [1.807, 2.05) is 26.1 Å². The molecule has 0 radical (unpaired) electrons. The van der Waals surface area contributed by atoms with E-state index in [1.165, 1.54) is 11.1 Å². The number of rotatable bonds is 5. The monoisotopic (exact) mass is 344 g/mol. The fraction of sp³-hybridized carbons (Fsp3) is 0.450. The second-order valence-electron chi connectivity index (χ2n) is 7.03. The first-order valence-corrected chi connectivity index (χ1v) is 8.99. The van der Waals surface area contributed by atoms with Gasteiger partial charge in [0.15, 0.2) is 0 Å². The third-order valence-corrected chi connectivity index (χ3v) is 4.66. The number of anilines is 1. The highest BCUT2D eigenvalue weighted by Crippen LogP contribution is 2.39. The van der Waals surface area contributed by atoms with Crippen molar-refractivity contribution in [1.82, 2.24) is 4.98 Å². The molecule has 0 aliphatic carbocycles. The maximum Gasteiger partial charge on any atom is 0.147 e. The summed E-state index contributed by atoms with van der Waals surface area (Å²) in [6.45, 7) is 10.5. The molecule has 1 saturated heterocycles. The van der Waals surface area contributed by atoms with E-state index in [9.17, 15) is 0 Å². The molecule has 0 bridgehead atoms. The predicted molar refractivity (Wildman–Crippen MR) is 100 cm³/mol. The standard InChI is InChI=1S/C20H25ClN2O/c1-13(2)16-7-5-6-8-17(16)15-11-23(12-15)18-10-22-20(21)9-19(18)24-14(3)4/h5-10,13-15H,11-12H2,1-4H3. The molecule has 1 aliphatic rings. The van der Waals surface area contributed by atoms with Gasteiger partial charge in [0.25, 0.3) is 0 Å². The Hall–Kier alpha value is -1.74. The van der Waals surface area contributed by atoms with Gasteiger partial charge in [-0.05, 0) is 30.9 Å². The van der Waals surface area contributed by atoms with Gasteiger partial charge in [-0.2, -0.15) is 0 Å². The van der Waals surface area contributed by atoms with Gasteiger partial charge in [0.05, 0.1) is 18.0 Å². The van der Waals surface area contributed by atoms with Crippen molar-refractivity contribution in [2.24, 2.45) is 0 Å². The summed E-state index contributed by atoms with van der Waals surface area (Å²) in [5, 5.41) is 0.469. The van der Waals surface area contributed by atoms with Crippen molar-refractivity contribution in [3.8, 4) is 5.75 Å². The molecule has 0 amide bonds. The summed E-state index contributed by atoms with van der Waals surface area (Å²) in [6, 6.07) is 10.6. The smallest absolute Gasteiger partial charge is 0.147 e. The van der Waals surface area contributed by atoms with Gasteiger partial charge in [-0.3, -0.25) is 0 Å². The van der Waals surface area contributed by atoms with Crippen LogP contribution in [0.4, 0.5) is 5.69 Å². The van der Waals surface area contributed by atoms with Gasteiger partial charge >= 0.3 is 0 Å². The van der Waals surface area contributed by atoms with Gasteiger partial charge in [0, 0.05) is 25.1 Å². The van der Waals surface area contributed by atoms with Gasteiger partial charge < -0.3 is 9.64 Å². The minimum absolute atomic E-state index is 0.112. The van der Waals surface area contributed by atoms with Crippen molar-refractivity contribution in [2.75, 3.05) is 18.0 Å². The van der Waals surface area contributed by atoms with Crippen LogP contribution in [0.5, 0.6) is 5.75 Å². The normalized spacial score (nSPS) is 15.0. The van der Waals surface area contributed by atoms with Crippen LogP contribution in [0.2, 0.25) is 5.15 Å². The van der Waals surface area contributed by atoms with Gasteiger partial charge in [-0.25, -0.2) is 4.98 Å². The largest absolute Gasteiger partial charge is 0.489 e. The Morgan fingerprint density at radius 2 is 1.88 bits per heavy atom. The van der Waals surface area contributed by atoms with Crippen molar-refractivity contribution in [3.05, 3.63) is 52.8 Å². The third kappa shape index (κ3) is 3.51. The molecule has 1 aromatic heterocycles. The van der Waals surface area contributed by atoms with E-state index in [-0.39, 0.29) is 6.10 Å². The molecule has 1 fully saturated rings. The first-order chi connectivity index (χ1) is 11.5. The number of halogens is 1. The fourth-order valence-corrected chi connectivity index (χ4v) is 3.42. The van der Waals surface area contributed by atoms with Crippen LogP contribution in [0.3, 0.4) is 0 Å². The highest BCUT2D eigenvalue weighted by molar-refractivity contribution is 6.29. The lowest BCUT2D eigenvalue weighted by molar-refractivity contribution is 0.242. The van der Waals surface area contributed by atoms with E-state index >= 15 is 0 Å². The molecule has 24 heavy (non-hydrogen) atoms. The van der Waals surface area contributed by atoms with Crippen molar-refractivity contribution >= 4 is 17.3 Å². The highest BCUT2D eigenvalue weighted by Gasteiger charge is 2.32. The summed E-state index contributed by atoms with van der Waals surface area (Å²) in [6.07, 6.45) is 1.94. The molecule has 1 aliphatic heterocycles. The Morgan fingerprint density at radius 3 is 2.54 bits per heavy atom. The van der Waals surface area contributed by atoms with Crippen LogP contribution in [0.1, 0.15) is 50.7 Å². The number of hydrogen-bond donors (Lipinski definition) is 0. The Balaban J connectivity index is 1.78. The Bertz CT molecular complexity index is 709. The Kier molecular flexibility index (Phi) is 5.00. The number of ether oxygens (including phenoxy) is 1. The van der Waals surface area contributed by atoms with Crippen LogP contribution >= 0.6 is 11.6 Å². The van der Waals surface area contributed by atoms with Crippen molar-refractivity contribution in [2.45, 2.75) is 45.6 Å². The molecule has 128 valence electrons. The van der Waals surface area contributed by atoms with Crippen LogP contribution in [0, 0.1) is 0 Å². The molecule has 2 aromatic rings. The van der Waals surface area contributed by atoms with Gasteiger partial charge in [0.1, 0.15) is 10.9 Å². The minimum atomic E-state index is 0.112. The zero-order chi connectivity index (χ0) is 17.3. The molecule has 1 aromatic carbocycles. The maximum atomic E-state index is 6.04. The van der Waals surface area contributed by atoms with Crippen molar-refractivity contribution < 1.29 is 4.74 Å². The zero-order valence-corrected chi connectivity index (χ0v) is 15.5. The summed E-state index contributed by atoms with van der Waals surface area (Å²) >= 11 is 6.04. The number of aromatic nitrogens is 1. The molecular formula is C20H25ClN2O. The number of benzene rings is 1. The van der Waals surface area contributed by atoms with E-state index in [0.717, 1.165) is 24.5 Å². The molecule has 0 N–H and O–H groups in total. The van der Waals surface area contributed by atoms with E-state index in [2.05, 4.69) is 48.0 Å². The Labute approximate surface area is 149 Å². The van der Waals surface area contributed by atoms with Gasteiger partial charge in [-0.15, -0.1) is 0 Å². The SMILES string of the molecule is CC(C)Oc1cc(Cl)ncc1N1CC(c2ccccc2C(C)C)C1. The lowest BCUT2D eigenvalue weighted by Crippen LogP contribution is -2.45. The van der Waals surface area contributed by atoms with E-state index in [1.54, 1.807) is 0 Å². The number of nitrogens with zero attached hydrogens (tertiary/aromatic N) is 2. The lowest BCUT2D eigenvalue weighted by atomic mass is 9.84. The average molecular weight is 345 g/mol. The molecular weight excluding hydrogens is 320 g/mol. The van der Waals surface area contributed by atoms with Gasteiger partial charge in [-0.1, -0.05) is 49.7 Å². The maximum absolute atomic E-state index is 6.04. The van der Waals surface area contributed by atoms with E-state index in [4.69, 9.17) is 16.3 Å². The second kappa shape index (κ2) is 7.02. The summed E-state index contributed by atoms with van der Waals surface area (Å²) < 4.78 is 5.92. The quantitative estimate of drug-likeness (QED) is 0.693. The minimum Gasteiger partial charge on any atom is -0.489 e. The first kappa shape index (κ1) is 17.1. The molecule has 0 unspecified atom stereocenters. The second-order valence-corrected chi connectivity index (χ2v) is 7.41. The third-order valence-electron chi connectivity index (χ3n) is 4.46. The van der Waals surface area contributed by atoms with Crippen molar-refractivity contribution in [1.29, 1.82) is 0 Å². The molecule has 4 heteroatoms. The lowest BCUT2D eigenvalue weighted by Gasteiger charge is -2.42. The zero-order valence-electron chi connectivity index (χ0n) is 14.8. The van der Waals surface area contributed by atoms with Crippen molar-refractivity contribution in [3.63, 3.8) is 0 Å². The van der Waals surface area contributed by atoms with Gasteiger partial charge in [0.2, 0.25) is 0 Å². The molecule has 3 rings (SSSR count). The average Bonchev–Trinajstić information content (AvgIpc) is 2.47. The summed E-state index contributed by atoms with van der Waals surface area (Å²) in [5.74, 6) is 1.93. The van der Waals surface area contributed by atoms with Crippen LogP contribution in [0.15, 0.2) is 36.5 Å². The number of hydrogen-bond acceptors (Lipinski definition) is 3. The number of pyridine rings is 1. The Morgan fingerprint density at radius 1 is 1.17 bits per heavy atom. The van der Waals surface area contributed by atoms with Crippen LogP contribution in [-0.4, -0.2) is 24.2 Å². The summed E-state index contributed by atoms with van der Waals surface area (Å²) in [4.78, 5) is 6.56. The fourth-order valence-electron chi connectivity index (χ4n) is 3.27. The summed E-state index contributed by atoms with van der Waals surface area (Å²) in [5.41, 5.74) is 3.96. The van der Waals surface area contributed by atoms with E-state index < -0.39 is 0 Å². The molecule has 0 atom stereocenters. The highest BCUT2D eigenvalue weighted by atomic mass is 35.5. The van der Waals surface area contributed by atoms with Crippen LogP contribution in [-0.2, 0) is 0 Å². The molecule has 0 spiro atoms. The topological polar surface area (TPSA) is 25.4 Å². The predicted octanol–water partition coefficient (Wildman–Crippen LogP) is 5.25. The molecule has 2 heterocycles. The first-order valence-electron chi connectivity index (χ1n) is 8.61.